The third kappa shape index (κ3) is 4.36. The van der Waals surface area contributed by atoms with Gasteiger partial charge in [0.05, 0.1) is 10.6 Å². The Morgan fingerprint density at radius 3 is 2.35 bits per heavy atom. The Balaban J connectivity index is 2.84. The fraction of sp³-hybridized carbons (Fsp3) is 0.222. The van der Waals surface area contributed by atoms with Crippen LogP contribution < -0.4 is 5.32 Å². The van der Waals surface area contributed by atoms with Crippen molar-refractivity contribution in [2.75, 3.05) is 0 Å². The number of hydrogen-bond donors (Lipinski definition) is 2. The van der Waals surface area contributed by atoms with E-state index in [1.165, 1.54) is 18.2 Å². The fourth-order valence-electron chi connectivity index (χ4n) is 0.957. The van der Waals surface area contributed by atoms with Gasteiger partial charge < -0.3 is 10.4 Å². The minimum atomic E-state index is -2.02. The zero-order chi connectivity index (χ0) is 13.2. The molecule has 0 aliphatic heterocycles. The van der Waals surface area contributed by atoms with Crippen molar-refractivity contribution in [2.45, 2.75) is 10.0 Å². The molecule has 0 spiro atoms. The third-order valence-electron chi connectivity index (χ3n) is 1.75. The third-order valence-corrected chi connectivity index (χ3v) is 2.92. The summed E-state index contributed by atoms with van der Waals surface area (Å²) in [6, 6.07) is 4.26. The average Bonchev–Trinajstić information content (AvgIpc) is 2.15. The maximum absolute atomic E-state index is 11.7. The van der Waals surface area contributed by atoms with E-state index in [0.717, 1.165) is 0 Å². The smallest absolute Gasteiger partial charge is 0.254 e. The van der Waals surface area contributed by atoms with Crippen molar-refractivity contribution < 1.29 is 9.90 Å². The van der Waals surface area contributed by atoms with E-state index in [9.17, 15) is 9.90 Å². The van der Waals surface area contributed by atoms with E-state index in [4.69, 9.17) is 58.0 Å². The first-order valence-corrected chi connectivity index (χ1v) is 6.11. The van der Waals surface area contributed by atoms with Gasteiger partial charge in [-0.3, -0.25) is 4.79 Å². The molecule has 1 amide bonds. The van der Waals surface area contributed by atoms with Crippen molar-refractivity contribution in [3.05, 3.63) is 33.8 Å². The maximum atomic E-state index is 11.7. The van der Waals surface area contributed by atoms with Gasteiger partial charge in [-0.15, -0.1) is 0 Å². The van der Waals surface area contributed by atoms with Gasteiger partial charge in [0, 0.05) is 5.02 Å². The van der Waals surface area contributed by atoms with Crippen LogP contribution in [0.3, 0.4) is 0 Å². The average molecular weight is 337 g/mol. The first-order valence-electron chi connectivity index (χ1n) is 4.22. The lowest BCUT2D eigenvalue weighted by Gasteiger charge is -2.20. The molecule has 94 valence electrons. The largest absolute Gasteiger partial charge is 0.369 e. The number of halogens is 5. The van der Waals surface area contributed by atoms with Gasteiger partial charge in [-0.2, -0.15) is 0 Å². The zero-order valence-corrected chi connectivity index (χ0v) is 11.8. The van der Waals surface area contributed by atoms with Gasteiger partial charge in [0.25, 0.3) is 5.91 Å². The molecule has 0 aliphatic rings. The molecule has 1 unspecified atom stereocenters. The molecule has 0 saturated carbocycles. The van der Waals surface area contributed by atoms with Gasteiger partial charge in [-0.05, 0) is 18.2 Å². The number of nitrogens with one attached hydrogen (secondary N) is 1. The van der Waals surface area contributed by atoms with Crippen LogP contribution in [0.25, 0.3) is 0 Å². The van der Waals surface area contributed by atoms with Gasteiger partial charge in [0.2, 0.25) is 3.79 Å². The van der Waals surface area contributed by atoms with Crippen LogP contribution in [0.15, 0.2) is 18.2 Å². The van der Waals surface area contributed by atoms with E-state index >= 15 is 0 Å². The highest BCUT2D eigenvalue weighted by Gasteiger charge is 2.32. The number of aliphatic hydroxyl groups excluding tert-OH is 1. The predicted molar refractivity (Wildman–Crippen MR) is 70.2 cm³/mol. The normalized spacial score (nSPS) is 13.3. The number of carbonyl (C=O) groups is 1. The van der Waals surface area contributed by atoms with E-state index in [-0.39, 0.29) is 10.6 Å². The lowest BCUT2D eigenvalue weighted by molar-refractivity contribution is 0.0792. The van der Waals surface area contributed by atoms with Crippen LogP contribution in [0.5, 0.6) is 0 Å². The Morgan fingerprint density at radius 1 is 1.29 bits per heavy atom. The van der Waals surface area contributed by atoms with Crippen molar-refractivity contribution in [1.82, 2.24) is 5.32 Å². The molecule has 1 rings (SSSR count). The number of aliphatic hydroxyl groups is 1. The van der Waals surface area contributed by atoms with E-state index in [2.05, 4.69) is 5.32 Å². The molecule has 1 aromatic rings. The number of carbonyl (C=O) groups excluding carboxylic acids is 1. The Bertz CT molecular complexity index is 432. The van der Waals surface area contributed by atoms with Gasteiger partial charge in [-0.1, -0.05) is 58.0 Å². The number of rotatable bonds is 2. The summed E-state index contributed by atoms with van der Waals surface area (Å²) < 4.78 is -2.02. The highest BCUT2D eigenvalue weighted by molar-refractivity contribution is 6.68. The Morgan fingerprint density at radius 2 is 1.88 bits per heavy atom. The van der Waals surface area contributed by atoms with Crippen LogP contribution in [0, 0.1) is 0 Å². The van der Waals surface area contributed by atoms with Crippen molar-refractivity contribution in [2.24, 2.45) is 0 Å². The summed E-state index contributed by atoms with van der Waals surface area (Å²) >= 11 is 27.6. The molecule has 3 nitrogen and oxygen atoms in total. The molecule has 2 N–H and O–H groups in total. The van der Waals surface area contributed by atoms with E-state index in [1.54, 1.807) is 0 Å². The van der Waals surface area contributed by atoms with Crippen LogP contribution in [0.2, 0.25) is 10.0 Å². The van der Waals surface area contributed by atoms with Gasteiger partial charge in [0.15, 0.2) is 6.23 Å². The summed E-state index contributed by atoms with van der Waals surface area (Å²) in [6.07, 6.45) is -1.65. The summed E-state index contributed by atoms with van der Waals surface area (Å²) in [7, 11) is 0. The monoisotopic (exact) mass is 335 g/mol. The lowest BCUT2D eigenvalue weighted by Crippen LogP contribution is -2.43. The minimum absolute atomic E-state index is 0.115. The van der Waals surface area contributed by atoms with E-state index < -0.39 is 15.9 Å². The summed E-state index contributed by atoms with van der Waals surface area (Å²) in [4.78, 5) is 11.7. The molecular formula is C9H6Cl5NO2. The van der Waals surface area contributed by atoms with E-state index in [1.807, 2.05) is 0 Å². The van der Waals surface area contributed by atoms with Crippen LogP contribution in [-0.2, 0) is 0 Å². The first kappa shape index (κ1) is 15.2. The van der Waals surface area contributed by atoms with Gasteiger partial charge in [-0.25, -0.2) is 0 Å². The highest BCUT2D eigenvalue weighted by Crippen LogP contribution is 2.29. The lowest BCUT2D eigenvalue weighted by atomic mass is 10.2. The van der Waals surface area contributed by atoms with Crippen LogP contribution in [0.1, 0.15) is 10.4 Å². The van der Waals surface area contributed by atoms with Crippen LogP contribution >= 0.6 is 58.0 Å². The molecule has 0 saturated heterocycles. The van der Waals surface area contributed by atoms with Crippen molar-refractivity contribution in [3.8, 4) is 0 Å². The number of benzene rings is 1. The molecule has 1 atom stereocenters. The molecular weight excluding hydrogens is 331 g/mol. The number of alkyl halides is 3. The molecule has 0 bridgehead atoms. The van der Waals surface area contributed by atoms with Gasteiger partial charge in [0.1, 0.15) is 0 Å². The maximum Gasteiger partial charge on any atom is 0.254 e. The first-order chi connectivity index (χ1) is 7.71. The molecule has 0 radical (unpaired) electrons. The highest BCUT2D eigenvalue weighted by atomic mass is 35.6. The summed E-state index contributed by atoms with van der Waals surface area (Å²) in [5, 5.41) is 12.0. The molecule has 17 heavy (non-hydrogen) atoms. The van der Waals surface area contributed by atoms with E-state index in [0.29, 0.717) is 5.02 Å². The number of hydrogen-bond acceptors (Lipinski definition) is 2. The number of amides is 1. The van der Waals surface area contributed by atoms with Crippen LogP contribution in [0.4, 0.5) is 0 Å². The minimum Gasteiger partial charge on any atom is -0.369 e. The van der Waals surface area contributed by atoms with Crippen molar-refractivity contribution >= 4 is 63.9 Å². The molecule has 0 fully saturated rings. The quantitative estimate of drug-likeness (QED) is 0.642. The van der Waals surface area contributed by atoms with Crippen molar-refractivity contribution in [3.63, 3.8) is 0 Å². The summed E-state index contributed by atoms with van der Waals surface area (Å²) in [5.74, 6) is -0.675. The predicted octanol–water partition coefficient (Wildman–Crippen LogP) is 3.41. The summed E-state index contributed by atoms with van der Waals surface area (Å²) in [5.41, 5.74) is 0.115. The zero-order valence-electron chi connectivity index (χ0n) is 8.05. The molecule has 8 heteroatoms. The topological polar surface area (TPSA) is 49.3 Å². The molecule has 0 heterocycles. The SMILES string of the molecule is O=C(NC(O)C(Cl)(Cl)Cl)c1ccc(Cl)cc1Cl. The molecule has 0 aromatic heterocycles. The standard InChI is InChI=1S/C9H6Cl5NO2/c10-4-1-2-5(6(11)3-4)7(16)15-8(17)9(12,13)14/h1-3,8,17H,(H,15,16). The van der Waals surface area contributed by atoms with Crippen LogP contribution in [-0.4, -0.2) is 21.0 Å². The second-order valence-corrected chi connectivity index (χ2v) is 6.25. The Labute approximate surface area is 123 Å². The Kier molecular flexibility index (Phi) is 5.20. The summed E-state index contributed by atoms with van der Waals surface area (Å²) in [6.45, 7) is 0. The Hall–Kier alpha value is 0.1000. The fourth-order valence-corrected chi connectivity index (χ4v) is 1.62. The second-order valence-electron chi connectivity index (χ2n) is 3.04. The molecule has 0 aliphatic carbocycles. The van der Waals surface area contributed by atoms with Gasteiger partial charge >= 0.3 is 0 Å². The second kappa shape index (κ2) is 5.83. The molecule has 1 aromatic carbocycles. The van der Waals surface area contributed by atoms with Crippen molar-refractivity contribution in [1.29, 1.82) is 0 Å².